The second-order valence-electron chi connectivity index (χ2n) is 6.17. The summed E-state index contributed by atoms with van der Waals surface area (Å²) in [4.78, 5) is 10.8. The molecule has 0 saturated carbocycles. The van der Waals surface area contributed by atoms with Gasteiger partial charge in [0.1, 0.15) is 11.4 Å². The summed E-state index contributed by atoms with van der Waals surface area (Å²) in [6.07, 6.45) is 0.383. The van der Waals surface area contributed by atoms with E-state index in [1.54, 1.807) is 4.68 Å². The van der Waals surface area contributed by atoms with Crippen LogP contribution in [0.3, 0.4) is 0 Å². The van der Waals surface area contributed by atoms with Gasteiger partial charge in [-0.25, -0.2) is 0 Å². The van der Waals surface area contributed by atoms with Crippen LogP contribution in [-0.4, -0.2) is 38.0 Å². The van der Waals surface area contributed by atoms with Gasteiger partial charge in [0, 0.05) is 12.1 Å². The molecule has 7 heteroatoms. The number of hydrogen-bond acceptors (Lipinski definition) is 5. The number of aromatic nitrogens is 2. The molecule has 120 valence electrons. The highest BCUT2D eigenvalue weighted by Gasteiger charge is 2.26. The van der Waals surface area contributed by atoms with E-state index in [9.17, 15) is 15.2 Å². The predicted octanol–water partition coefficient (Wildman–Crippen LogP) is 1.67. The summed E-state index contributed by atoms with van der Waals surface area (Å²) in [5.74, 6) is 0. The van der Waals surface area contributed by atoms with Gasteiger partial charge in [-0.05, 0) is 33.6 Å². The first-order valence-corrected chi connectivity index (χ1v) is 7.35. The van der Waals surface area contributed by atoms with Crippen molar-refractivity contribution in [1.82, 2.24) is 15.1 Å². The van der Waals surface area contributed by atoms with Crippen molar-refractivity contribution in [2.24, 2.45) is 0 Å². The lowest BCUT2D eigenvalue weighted by atomic mass is 10.1. The third-order valence-electron chi connectivity index (χ3n) is 3.20. The zero-order valence-corrected chi connectivity index (χ0v) is 13.5. The Hall–Kier alpha value is -1.47. The van der Waals surface area contributed by atoms with Gasteiger partial charge in [-0.3, -0.25) is 14.8 Å². The molecular weight excluding hydrogens is 272 g/mol. The van der Waals surface area contributed by atoms with Crippen LogP contribution in [0.4, 0.5) is 5.69 Å². The zero-order valence-electron chi connectivity index (χ0n) is 13.5. The molecule has 0 aliphatic heterocycles. The molecule has 1 aromatic rings. The Balaban J connectivity index is 2.90. The Kier molecular flexibility index (Phi) is 5.86. The van der Waals surface area contributed by atoms with Crippen LogP contribution in [0.2, 0.25) is 0 Å². The van der Waals surface area contributed by atoms with Gasteiger partial charge in [0.2, 0.25) is 0 Å². The zero-order chi connectivity index (χ0) is 16.2. The lowest BCUT2D eigenvalue weighted by molar-refractivity contribution is -0.386. The Morgan fingerprint density at radius 1 is 1.38 bits per heavy atom. The summed E-state index contributed by atoms with van der Waals surface area (Å²) in [6, 6.07) is 0. The summed E-state index contributed by atoms with van der Waals surface area (Å²) in [7, 11) is 0. The van der Waals surface area contributed by atoms with Gasteiger partial charge >= 0.3 is 5.69 Å². The second kappa shape index (κ2) is 7.00. The third kappa shape index (κ3) is 4.78. The van der Waals surface area contributed by atoms with E-state index in [4.69, 9.17) is 0 Å². The molecule has 7 nitrogen and oxygen atoms in total. The lowest BCUT2D eigenvalue weighted by Gasteiger charge is -2.23. The first-order valence-electron chi connectivity index (χ1n) is 7.35. The molecule has 1 heterocycles. The SMILES string of the molecule is CCc1nn(CC(O)CNC(C)(C)C)c(CC)c1[N+](=O)[O-]. The normalized spacial score (nSPS) is 13.4. The van der Waals surface area contributed by atoms with E-state index in [1.165, 1.54) is 0 Å². The fourth-order valence-electron chi connectivity index (χ4n) is 2.18. The first-order chi connectivity index (χ1) is 9.69. The van der Waals surface area contributed by atoms with Crippen molar-refractivity contribution in [2.45, 2.75) is 65.6 Å². The highest BCUT2D eigenvalue weighted by molar-refractivity contribution is 5.41. The molecule has 0 amide bonds. The second-order valence-corrected chi connectivity index (χ2v) is 6.17. The van der Waals surface area contributed by atoms with Crippen LogP contribution in [0.15, 0.2) is 0 Å². The topological polar surface area (TPSA) is 93.2 Å². The smallest absolute Gasteiger partial charge is 0.313 e. The minimum absolute atomic E-state index is 0.0841. The molecule has 0 aliphatic rings. The lowest BCUT2D eigenvalue weighted by Crippen LogP contribution is -2.42. The minimum atomic E-state index is -0.640. The van der Waals surface area contributed by atoms with E-state index in [-0.39, 0.29) is 22.7 Å². The van der Waals surface area contributed by atoms with Crippen molar-refractivity contribution in [2.75, 3.05) is 6.54 Å². The number of nitrogens with zero attached hydrogens (tertiary/aromatic N) is 3. The van der Waals surface area contributed by atoms with Gasteiger partial charge in [0.05, 0.1) is 17.6 Å². The van der Waals surface area contributed by atoms with Crippen molar-refractivity contribution in [3.05, 3.63) is 21.5 Å². The molecule has 1 unspecified atom stereocenters. The van der Waals surface area contributed by atoms with E-state index in [2.05, 4.69) is 10.4 Å². The van der Waals surface area contributed by atoms with Crippen molar-refractivity contribution in [3.8, 4) is 0 Å². The molecule has 0 saturated heterocycles. The largest absolute Gasteiger partial charge is 0.390 e. The van der Waals surface area contributed by atoms with E-state index in [0.717, 1.165) is 0 Å². The quantitative estimate of drug-likeness (QED) is 0.590. The van der Waals surface area contributed by atoms with Gasteiger partial charge in [-0.15, -0.1) is 0 Å². The average Bonchev–Trinajstić information content (AvgIpc) is 2.73. The highest BCUT2D eigenvalue weighted by Crippen LogP contribution is 2.24. The molecule has 0 fully saturated rings. The van der Waals surface area contributed by atoms with E-state index < -0.39 is 6.10 Å². The van der Waals surface area contributed by atoms with E-state index in [0.29, 0.717) is 30.8 Å². The molecule has 2 N–H and O–H groups in total. The van der Waals surface area contributed by atoms with E-state index in [1.807, 2.05) is 34.6 Å². The van der Waals surface area contributed by atoms with Crippen LogP contribution >= 0.6 is 0 Å². The summed E-state index contributed by atoms with van der Waals surface area (Å²) >= 11 is 0. The molecule has 1 atom stereocenters. The number of aliphatic hydroxyl groups excluding tert-OH is 1. The molecule has 1 rings (SSSR count). The molecule has 0 aliphatic carbocycles. The van der Waals surface area contributed by atoms with Gasteiger partial charge in [-0.1, -0.05) is 13.8 Å². The van der Waals surface area contributed by atoms with Crippen LogP contribution in [0.5, 0.6) is 0 Å². The molecule has 0 aromatic carbocycles. The summed E-state index contributed by atoms with van der Waals surface area (Å²) in [5, 5.41) is 28.8. The maximum atomic E-state index is 11.2. The fourth-order valence-corrected chi connectivity index (χ4v) is 2.18. The molecule has 0 spiro atoms. The number of hydrogen-bond donors (Lipinski definition) is 2. The van der Waals surface area contributed by atoms with Crippen LogP contribution in [0, 0.1) is 10.1 Å². The Morgan fingerprint density at radius 3 is 2.43 bits per heavy atom. The van der Waals surface area contributed by atoms with Crippen molar-refractivity contribution >= 4 is 5.69 Å². The summed E-state index contributed by atoms with van der Waals surface area (Å²) in [5.41, 5.74) is 1.06. The average molecular weight is 298 g/mol. The Bertz CT molecular complexity index is 491. The number of aryl methyl sites for hydroxylation is 1. The summed E-state index contributed by atoms with van der Waals surface area (Å²) < 4.78 is 1.58. The third-order valence-corrected chi connectivity index (χ3v) is 3.20. The van der Waals surface area contributed by atoms with Gasteiger partial charge < -0.3 is 10.4 Å². The number of nitrogens with one attached hydrogen (secondary N) is 1. The van der Waals surface area contributed by atoms with Gasteiger partial charge in [0.15, 0.2) is 0 Å². The summed E-state index contributed by atoms with van der Waals surface area (Å²) in [6.45, 7) is 10.4. The Morgan fingerprint density at radius 2 is 2.00 bits per heavy atom. The first kappa shape index (κ1) is 17.6. The molecule has 21 heavy (non-hydrogen) atoms. The fraction of sp³-hybridized carbons (Fsp3) is 0.786. The Labute approximate surface area is 125 Å². The highest BCUT2D eigenvalue weighted by atomic mass is 16.6. The van der Waals surface area contributed by atoms with Crippen LogP contribution in [0.1, 0.15) is 46.0 Å². The van der Waals surface area contributed by atoms with Crippen molar-refractivity contribution in [1.29, 1.82) is 0 Å². The number of rotatable bonds is 7. The molecular formula is C14H26N4O3. The van der Waals surface area contributed by atoms with E-state index >= 15 is 0 Å². The van der Waals surface area contributed by atoms with Gasteiger partial charge in [0.25, 0.3) is 0 Å². The molecule has 0 bridgehead atoms. The standard InChI is InChI=1S/C14H26N4O3/c1-6-11-13(18(20)21)12(7-2)17(16-11)9-10(19)8-15-14(3,4)5/h10,15,19H,6-9H2,1-5H3. The number of aliphatic hydroxyl groups is 1. The monoisotopic (exact) mass is 298 g/mol. The van der Waals surface area contributed by atoms with Crippen molar-refractivity contribution in [3.63, 3.8) is 0 Å². The minimum Gasteiger partial charge on any atom is -0.390 e. The predicted molar refractivity (Wildman–Crippen MR) is 81.4 cm³/mol. The maximum Gasteiger partial charge on any atom is 0.313 e. The number of nitro groups is 1. The van der Waals surface area contributed by atoms with Crippen molar-refractivity contribution < 1.29 is 10.0 Å². The van der Waals surface area contributed by atoms with Crippen LogP contribution < -0.4 is 5.32 Å². The maximum absolute atomic E-state index is 11.2. The van der Waals surface area contributed by atoms with Crippen LogP contribution in [-0.2, 0) is 19.4 Å². The van der Waals surface area contributed by atoms with Crippen LogP contribution in [0.25, 0.3) is 0 Å². The number of β-amino-alcohol motifs (C(OH)–C–C–N with tert-alkyl or cyclic N) is 1. The van der Waals surface area contributed by atoms with Gasteiger partial charge in [-0.2, -0.15) is 5.10 Å². The molecule has 0 radical (unpaired) electrons. The molecule has 1 aromatic heterocycles.